The molecule has 0 aromatic heterocycles. The monoisotopic (exact) mass is 298 g/mol. The van der Waals surface area contributed by atoms with Gasteiger partial charge in [-0.05, 0) is 46.7 Å². The molecule has 0 radical (unpaired) electrons. The highest BCUT2D eigenvalue weighted by Crippen LogP contribution is 2.29. The van der Waals surface area contributed by atoms with Crippen molar-refractivity contribution in [1.29, 1.82) is 0 Å². The van der Waals surface area contributed by atoms with E-state index in [1.165, 1.54) is 31.7 Å². The minimum absolute atomic E-state index is 0.337. The van der Waals surface area contributed by atoms with E-state index in [0.717, 1.165) is 38.7 Å². The van der Waals surface area contributed by atoms with Gasteiger partial charge in [-0.1, -0.05) is 0 Å². The minimum Gasteiger partial charge on any atom is -0.357 e. The molecule has 0 spiro atoms. The normalized spacial score (nSPS) is 24.1. The molecule has 20 heavy (non-hydrogen) atoms. The Bertz CT molecular complexity index is 324. The molecule has 0 unspecified atom stereocenters. The van der Waals surface area contributed by atoms with E-state index in [9.17, 15) is 0 Å². The van der Waals surface area contributed by atoms with Crippen LogP contribution in [0.4, 0.5) is 0 Å². The molecule has 2 rings (SSSR count). The van der Waals surface area contributed by atoms with Gasteiger partial charge in [-0.25, -0.2) is 0 Å². The predicted octanol–water partition coefficient (Wildman–Crippen LogP) is 1.88. The third-order valence-electron chi connectivity index (χ3n) is 3.94. The molecule has 2 fully saturated rings. The molecule has 2 heterocycles. The number of nitrogens with zero attached hydrogens (tertiary/aromatic N) is 3. The van der Waals surface area contributed by atoms with Crippen molar-refractivity contribution < 1.29 is 0 Å². The number of hydrogen-bond donors (Lipinski definition) is 1. The fourth-order valence-electron chi connectivity index (χ4n) is 2.93. The first-order valence-corrected chi connectivity index (χ1v) is 8.99. The van der Waals surface area contributed by atoms with Gasteiger partial charge < -0.3 is 15.1 Å². The van der Waals surface area contributed by atoms with Crippen molar-refractivity contribution in [3.63, 3.8) is 0 Å². The van der Waals surface area contributed by atoms with Crippen LogP contribution in [0.2, 0.25) is 0 Å². The molecule has 5 heteroatoms. The number of hydrogen-bond acceptors (Lipinski definition) is 3. The largest absolute Gasteiger partial charge is 0.357 e. The molecular weight excluding hydrogens is 268 g/mol. The van der Waals surface area contributed by atoms with Crippen LogP contribution in [0.15, 0.2) is 4.99 Å². The summed E-state index contributed by atoms with van der Waals surface area (Å²) in [4.78, 5) is 9.81. The summed E-state index contributed by atoms with van der Waals surface area (Å²) in [5, 5.41) is 3.46. The second-order valence-corrected chi connectivity index (χ2v) is 8.12. The molecule has 4 nitrogen and oxygen atoms in total. The zero-order chi connectivity index (χ0) is 14.4. The third-order valence-corrected chi connectivity index (χ3v) is 5.23. The Morgan fingerprint density at radius 2 is 2.00 bits per heavy atom. The van der Waals surface area contributed by atoms with Crippen molar-refractivity contribution in [3.8, 4) is 0 Å². The van der Waals surface area contributed by atoms with Gasteiger partial charge in [-0.15, -0.1) is 0 Å². The van der Waals surface area contributed by atoms with Crippen LogP contribution in [-0.2, 0) is 0 Å². The van der Waals surface area contributed by atoms with E-state index in [1.807, 2.05) is 0 Å². The van der Waals surface area contributed by atoms with Crippen LogP contribution >= 0.6 is 11.8 Å². The van der Waals surface area contributed by atoms with E-state index < -0.39 is 0 Å². The molecule has 0 atom stereocenters. The highest BCUT2D eigenvalue weighted by Gasteiger charge is 2.28. The second kappa shape index (κ2) is 7.55. The first kappa shape index (κ1) is 16.0. The summed E-state index contributed by atoms with van der Waals surface area (Å²) in [6.07, 6.45) is 2.72. The summed E-state index contributed by atoms with van der Waals surface area (Å²) in [7, 11) is 0. The molecular formula is C15H30N4S. The topological polar surface area (TPSA) is 30.9 Å². The maximum atomic E-state index is 4.85. The van der Waals surface area contributed by atoms with Crippen molar-refractivity contribution in [2.75, 3.05) is 51.6 Å². The van der Waals surface area contributed by atoms with Crippen molar-refractivity contribution in [2.45, 2.75) is 38.4 Å². The Labute approximate surface area is 128 Å². The summed E-state index contributed by atoms with van der Waals surface area (Å²) >= 11 is 2.07. The molecule has 0 aromatic rings. The SMILES string of the molecule is CCNC(=NCCN1CCCC1)N1CCSC(C)(C)C1. The molecule has 0 aromatic carbocycles. The minimum atomic E-state index is 0.337. The van der Waals surface area contributed by atoms with Gasteiger partial charge in [0.25, 0.3) is 0 Å². The van der Waals surface area contributed by atoms with E-state index >= 15 is 0 Å². The Morgan fingerprint density at radius 3 is 2.65 bits per heavy atom. The number of aliphatic imine (C=N–C) groups is 1. The van der Waals surface area contributed by atoms with Gasteiger partial charge in [0.15, 0.2) is 5.96 Å². The molecule has 0 amide bonds. The van der Waals surface area contributed by atoms with Gasteiger partial charge in [0.2, 0.25) is 0 Å². The molecule has 0 bridgehead atoms. The van der Waals surface area contributed by atoms with E-state index in [0.29, 0.717) is 4.75 Å². The number of nitrogens with one attached hydrogen (secondary N) is 1. The number of rotatable bonds is 4. The van der Waals surface area contributed by atoms with Crippen LogP contribution in [0, 0.1) is 0 Å². The average molecular weight is 299 g/mol. The Hall–Kier alpha value is -0.420. The fraction of sp³-hybridized carbons (Fsp3) is 0.933. The van der Waals surface area contributed by atoms with Crippen LogP contribution in [0.1, 0.15) is 33.6 Å². The second-order valence-electron chi connectivity index (χ2n) is 6.31. The van der Waals surface area contributed by atoms with Crippen LogP contribution in [0.25, 0.3) is 0 Å². The maximum Gasteiger partial charge on any atom is 0.194 e. The van der Waals surface area contributed by atoms with E-state index in [-0.39, 0.29) is 0 Å². The lowest BCUT2D eigenvalue weighted by atomic mass is 10.2. The number of likely N-dealkylation sites (tertiary alicyclic amines) is 1. The van der Waals surface area contributed by atoms with Crippen molar-refractivity contribution in [3.05, 3.63) is 0 Å². The van der Waals surface area contributed by atoms with Crippen LogP contribution < -0.4 is 5.32 Å². The molecule has 0 saturated carbocycles. The van der Waals surface area contributed by atoms with Crippen molar-refractivity contribution >= 4 is 17.7 Å². The maximum absolute atomic E-state index is 4.85. The Kier molecular flexibility index (Phi) is 6.02. The molecule has 2 saturated heterocycles. The smallest absolute Gasteiger partial charge is 0.194 e. The lowest BCUT2D eigenvalue weighted by molar-refractivity contribution is 0.344. The number of guanidine groups is 1. The molecule has 2 aliphatic rings. The lowest BCUT2D eigenvalue weighted by Crippen LogP contribution is -2.51. The molecule has 2 aliphatic heterocycles. The summed E-state index contributed by atoms with van der Waals surface area (Å²) in [5.74, 6) is 2.31. The molecule has 116 valence electrons. The zero-order valence-corrected chi connectivity index (χ0v) is 14.1. The summed E-state index contributed by atoms with van der Waals surface area (Å²) in [6, 6.07) is 0. The zero-order valence-electron chi connectivity index (χ0n) is 13.3. The lowest BCUT2D eigenvalue weighted by Gasteiger charge is -2.39. The first-order chi connectivity index (χ1) is 9.61. The average Bonchev–Trinajstić information content (AvgIpc) is 2.90. The van der Waals surface area contributed by atoms with Gasteiger partial charge in [-0.2, -0.15) is 11.8 Å². The Morgan fingerprint density at radius 1 is 1.25 bits per heavy atom. The third kappa shape index (κ3) is 4.85. The highest BCUT2D eigenvalue weighted by atomic mass is 32.2. The van der Waals surface area contributed by atoms with Crippen molar-refractivity contribution in [2.24, 2.45) is 4.99 Å². The fourth-order valence-corrected chi connectivity index (χ4v) is 4.04. The van der Waals surface area contributed by atoms with E-state index in [4.69, 9.17) is 4.99 Å². The van der Waals surface area contributed by atoms with Crippen LogP contribution in [0.5, 0.6) is 0 Å². The highest BCUT2D eigenvalue weighted by molar-refractivity contribution is 8.00. The standard InChI is InChI=1S/C15H30N4S/c1-4-16-14(17-7-10-18-8-5-6-9-18)19-11-12-20-15(2,3)13-19/h4-13H2,1-3H3,(H,16,17). The van der Waals surface area contributed by atoms with Gasteiger partial charge in [-0.3, -0.25) is 4.99 Å². The summed E-state index contributed by atoms with van der Waals surface area (Å²) < 4.78 is 0.337. The quantitative estimate of drug-likeness (QED) is 0.634. The number of thioether (sulfide) groups is 1. The van der Waals surface area contributed by atoms with Crippen LogP contribution in [0.3, 0.4) is 0 Å². The van der Waals surface area contributed by atoms with Crippen LogP contribution in [-0.4, -0.2) is 72.1 Å². The van der Waals surface area contributed by atoms with Gasteiger partial charge >= 0.3 is 0 Å². The summed E-state index contributed by atoms with van der Waals surface area (Å²) in [5.41, 5.74) is 0. The summed E-state index contributed by atoms with van der Waals surface area (Å²) in [6.45, 7) is 14.5. The van der Waals surface area contributed by atoms with Gasteiger partial charge in [0, 0.05) is 36.7 Å². The van der Waals surface area contributed by atoms with Crippen molar-refractivity contribution in [1.82, 2.24) is 15.1 Å². The molecule has 0 aliphatic carbocycles. The Balaban J connectivity index is 1.87. The van der Waals surface area contributed by atoms with Gasteiger partial charge in [0.05, 0.1) is 6.54 Å². The predicted molar refractivity (Wildman–Crippen MR) is 89.8 cm³/mol. The first-order valence-electron chi connectivity index (χ1n) is 8.00. The van der Waals surface area contributed by atoms with Gasteiger partial charge in [0.1, 0.15) is 0 Å². The molecule has 1 N–H and O–H groups in total. The van der Waals surface area contributed by atoms with E-state index in [2.05, 4.69) is 47.6 Å². The van der Waals surface area contributed by atoms with E-state index in [1.54, 1.807) is 0 Å².